The number of ether oxygens (including phenoxy) is 3. The van der Waals surface area contributed by atoms with Crippen LogP contribution in [0.1, 0.15) is 49.4 Å². The van der Waals surface area contributed by atoms with Gasteiger partial charge in [0.05, 0.1) is 30.4 Å². The van der Waals surface area contributed by atoms with E-state index in [9.17, 15) is 14.9 Å². The van der Waals surface area contributed by atoms with Gasteiger partial charge in [-0.05, 0) is 44.2 Å². The quantitative estimate of drug-likeness (QED) is 0.679. The van der Waals surface area contributed by atoms with Crippen molar-refractivity contribution in [1.82, 2.24) is 5.32 Å². The zero-order valence-corrected chi connectivity index (χ0v) is 16.2. The van der Waals surface area contributed by atoms with Gasteiger partial charge in [-0.25, -0.2) is 4.79 Å². The maximum absolute atomic E-state index is 12.3. The third-order valence-corrected chi connectivity index (χ3v) is 4.58. The summed E-state index contributed by atoms with van der Waals surface area (Å²) < 4.78 is 15.8. The molecule has 7 nitrogen and oxygen atoms in total. The van der Waals surface area contributed by atoms with Crippen LogP contribution in [-0.2, 0) is 9.53 Å². The van der Waals surface area contributed by atoms with Gasteiger partial charge in [-0.3, -0.25) is 4.79 Å². The fraction of sp³-hybridized carbons (Fsp3) is 0.526. The highest BCUT2D eigenvalue weighted by atomic mass is 35.5. The Balaban J connectivity index is 2.00. The molecule has 1 aliphatic rings. The monoisotopic (exact) mass is 394 g/mol. The number of esters is 1. The molecule has 0 radical (unpaired) electrons. The Morgan fingerprint density at radius 1 is 1.33 bits per heavy atom. The predicted octanol–water partition coefficient (Wildman–Crippen LogP) is 3.25. The first kappa shape index (κ1) is 20.8. The number of nitrogens with zero attached hydrogens (tertiary/aromatic N) is 1. The number of benzene rings is 1. The van der Waals surface area contributed by atoms with Crippen molar-refractivity contribution in [2.75, 3.05) is 20.3 Å². The summed E-state index contributed by atoms with van der Waals surface area (Å²) in [6.45, 7) is 1.94. The Labute approximate surface area is 163 Å². The molecule has 1 fully saturated rings. The van der Waals surface area contributed by atoms with E-state index < -0.39 is 24.0 Å². The van der Waals surface area contributed by atoms with Crippen molar-refractivity contribution in [3.05, 3.63) is 22.7 Å². The number of hydrogen-bond acceptors (Lipinski definition) is 6. The summed E-state index contributed by atoms with van der Waals surface area (Å²) in [5, 5.41) is 12.2. The van der Waals surface area contributed by atoms with Gasteiger partial charge in [-0.2, -0.15) is 5.26 Å². The Morgan fingerprint density at radius 3 is 2.63 bits per heavy atom. The van der Waals surface area contributed by atoms with E-state index >= 15 is 0 Å². The molecule has 27 heavy (non-hydrogen) atoms. The predicted molar refractivity (Wildman–Crippen MR) is 99.0 cm³/mol. The molecule has 0 unspecified atom stereocenters. The van der Waals surface area contributed by atoms with Crippen molar-refractivity contribution in [2.24, 2.45) is 0 Å². The smallest absolute Gasteiger partial charge is 0.338 e. The van der Waals surface area contributed by atoms with Gasteiger partial charge in [0, 0.05) is 0 Å². The number of rotatable bonds is 8. The summed E-state index contributed by atoms with van der Waals surface area (Å²) in [6.07, 6.45) is 3.78. The van der Waals surface area contributed by atoms with E-state index in [0.717, 1.165) is 19.3 Å². The summed E-state index contributed by atoms with van der Waals surface area (Å²) in [4.78, 5) is 24.3. The summed E-state index contributed by atoms with van der Waals surface area (Å²) in [6, 6.07) is 5.01. The molecule has 0 heterocycles. The topological polar surface area (TPSA) is 97.6 Å². The number of carbonyl (C=O) groups is 2. The van der Waals surface area contributed by atoms with Crippen molar-refractivity contribution in [3.63, 3.8) is 0 Å². The first-order valence-electron chi connectivity index (χ1n) is 8.84. The van der Waals surface area contributed by atoms with Gasteiger partial charge >= 0.3 is 5.97 Å². The molecule has 8 heteroatoms. The van der Waals surface area contributed by atoms with E-state index in [1.54, 1.807) is 0 Å². The maximum Gasteiger partial charge on any atom is 0.338 e. The summed E-state index contributed by atoms with van der Waals surface area (Å²) in [7, 11) is 1.44. The molecule has 146 valence electrons. The Bertz CT molecular complexity index is 738. The average Bonchev–Trinajstić information content (AvgIpc) is 3.13. The van der Waals surface area contributed by atoms with Crippen molar-refractivity contribution < 1.29 is 23.8 Å². The molecule has 1 N–H and O–H groups in total. The average molecular weight is 395 g/mol. The Kier molecular flexibility index (Phi) is 7.31. The summed E-state index contributed by atoms with van der Waals surface area (Å²) >= 11 is 6.18. The third-order valence-electron chi connectivity index (χ3n) is 4.30. The SMILES string of the molecule is CCCOc1c(Cl)cc(C(=O)OCC(=O)NC2(C#N)CCCC2)cc1OC. The van der Waals surface area contributed by atoms with Crippen LogP contribution < -0.4 is 14.8 Å². The first-order chi connectivity index (χ1) is 12.9. The molecule has 1 amide bonds. The standard InChI is InChI=1S/C19H23ClN2O5/c1-3-8-26-17-14(20)9-13(10-15(17)25-2)18(24)27-11-16(23)22-19(12-21)6-4-5-7-19/h9-10H,3-8,11H2,1-2H3,(H,22,23). The maximum atomic E-state index is 12.3. The van der Waals surface area contributed by atoms with Gasteiger partial charge in [0.2, 0.25) is 0 Å². The molecule has 0 aromatic heterocycles. The zero-order chi connectivity index (χ0) is 19.9. The third kappa shape index (κ3) is 5.27. The highest BCUT2D eigenvalue weighted by Crippen LogP contribution is 2.36. The lowest BCUT2D eigenvalue weighted by atomic mass is 10.00. The van der Waals surface area contributed by atoms with Crippen LogP contribution in [0.15, 0.2) is 12.1 Å². The molecule has 0 aliphatic heterocycles. The molecular formula is C19H23ClN2O5. The first-order valence-corrected chi connectivity index (χ1v) is 9.22. The fourth-order valence-electron chi connectivity index (χ4n) is 2.94. The van der Waals surface area contributed by atoms with Gasteiger partial charge in [-0.15, -0.1) is 0 Å². The van der Waals surface area contributed by atoms with E-state index in [4.69, 9.17) is 25.8 Å². The van der Waals surface area contributed by atoms with Crippen molar-refractivity contribution in [1.29, 1.82) is 5.26 Å². The van der Waals surface area contributed by atoms with E-state index in [1.165, 1.54) is 19.2 Å². The number of nitriles is 1. The van der Waals surface area contributed by atoms with Crippen molar-refractivity contribution in [2.45, 2.75) is 44.6 Å². The molecule has 1 aliphatic carbocycles. The van der Waals surface area contributed by atoms with Gasteiger partial charge < -0.3 is 19.5 Å². The molecule has 1 aromatic carbocycles. The molecule has 0 atom stereocenters. The molecule has 1 aromatic rings. The fourth-order valence-corrected chi connectivity index (χ4v) is 3.21. The minimum Gasteiger partial charge on any atom is -0.493 e. The lowest BCUT2D eigenvalue weighted by Crippen LogP contribution is -2.46. The van der Waals surface area contributed by atoms with Crippen LogP contribution in [0.2, 0.25) is 5.02 Å². The molecule has 1 saturated carbocycles. The minimum absolute atomic E-state index is 0.143. The van der Waals surface area contributed by atoms with Crippen LogP contribution in [0, 0.1) is 11.3 Å². The van der Waals surface area contributed by atoms with Gasteiger partial charge in [0.25, 0.3) is 5.91 Å². The second-order valence-electron chi connectivity index (χ2n) is 6.36. The van der Waals surface area contributed by atoms with E-state index in [1.807, 2.05) is 6.92 Å². The van der Waals surface area contributed by atoms with Gasteiger partial charge in [0.1, 0.15) is 5.54 Å². The number of methoxy groups -OCH3 is 1. The van der Waals surface area contributed by atoms with Crippen molar-refractivity contribution >= 4 is 23.5 Å². The number of carbonyl (C=O) groups excluding carboxylic acids is 2. The zero-order valence-electron chi connectivity index (χ0n) is 15.5. The van der Waals surface area contributed by atoms with Crippen LogP contribution in [-0.4, -0.2) is 37.7 Å². The van der Waals surface area contributed by atoms with Crippen LogP contribution in [0.5, 0.6) is 11.5 Å². The molecule has 0 spiro atoms. The van der Waals surface area contributed by atoms with E-state index in [-0.39, 0.29) is 10.6 Å². The molecular weight excluding hydrogens is 372 g/mol. The second-order valence-corrected chi connectivity index (χ2v) is 6.77. The van der Waals surface area contributed by atoms with Crippen molar-refractivity contribution in [3.8, 4) is 17.6 Å². The van der Waals surface area contributed by atoms with Crippen LogP contribution in [0.3, 0.4) is 0 Å². The lowest BCUT2D eigenvalue weighted by Gasteiger charge is -2.21. The van der Waals surface area contributed by atoms with E-state index in [2.05, 4.69) is 11.4 Å². The lowest BCUT2D eigenvalue weighted by molar-refractivity contribution is -0.125. The second kappa shape index (κ2) is 9.47. The number of halogens is 1. The summed E-state index contributed by atoms with van der Waals surface area (Å²) in [5.74, 6) is -0.563. The largest absolute Gasteiger partial charge is 0.493 e. The highest BCUT2D eigenvalue weighted by molar-refractivity contribution is 6.32. The molecule has 0 saturated heterocycles. The Morgan fingerprint density at radius 2 is 2.04 bits per heavy atom. The van der Waals surface area contributed by atoms with Gasteiger partial charge in [0.15, 0.2) is 18.1 Å². The minimum atomic E-state index is -0.853. The van der Waals surface area contributed by atoms with Crippen LogP contribution in [0.25, 0.3) is 0 Å². The van der Waals surface area contributed by atoms with Crippen LogP contribution in [0.4, 0.5) is 0 Å². The molecule has 0 bridgehead atoms. The summed E-state index contributed by atoms with van der Waals surface area (Å²) in [5.41, 5.74) is -0.710. The number of hydrogen-bond donors (Lipinski definition) is 1. The normalized spacial score (nSPS) is 14.9. The number of amides is 1. The van der Waals surface area contributed by atoms with E-state index in [0.29, 0.717) is 30.9 Å². The highest BCUT2D eigenvalue weighted by Gasteiger charge is 2.35. The van der Waals surface area contributed by atoms with Gasteiger partial charge in [-0.1, -0.05) is 18.5 Å². The number of nitrogens with one attached hydrogen (secondary N) is 1. The Hall–Kier alpha value is -2.46. The van der Waals surface area contributed by atoms with Crippen LogP contribution >= 0.6 is 11.6 Å². The molecule has 2 rings (SSSR count).